The molecule has 0 unspecified atom stereocenters. The summed E-state index contributed by atoms with van der Waals surface area (Å²) >= 11 is 0. The molecule has 4 aromatic carbocycles. The molecule has 0 radical (unpaired) electrons. The molecule has 0 aliphatic heterocycles. The minimum absolute atomic E-state index is 0.454. The molecule has 6 aromatic rings. The third kappa shape index (κ3) is 3.58. The lowest BCUT2D eigenvalue weighted by molar-refractivity contribution is 0.647. The van der Waals surface area contributed by atoms with Gasteiger partial charge in [-0.3, -0.25) is 0 Å². The molecule has 3 heteroatoms. The van der Waals surface area contributed by atoms with Gasteiger partial charge in [-0.05, 0) is 65.5 Å². The maximum absolute atomic E-state index is 6.48. The van der Waals surface area contributed by atoms with Crippen molar-refractivity contribution in [2.75, 3.05) is 0 Å². The van der Waals surface area contributed by atoms with Gasteiger partial charge in [-0.15, -0.1) is 0 Å². The molecule has 35 heavy (non-hydrogen) atoms. The van der Waals surface area contributed by atoms with Gasteiger partial charge in [0.05, 0.1) is 11.2 Å². The molecule has 0 amide bonds. The molecule has 6 rings (SSSR count). The number of furan rings is 1. The molecular formula is C32H30N2O. The first-order valence-electron chi connectivity index (χ1n) is 12.5. The van der Waals surface area contributed by atoms with Crippen molar-refractivity contribution in [2.45, 2.75) is 47.0 Å². The summed E-state index contributed by atoms with van der Waals surface area (Å²) in [4.78, 5) is 9.52. The van der Waals surface area contributed by atoms with Gasteiger partial charge in [-0.1, -0.05) is 70.2 Å². The number of fused-ring (bicyclic) bond motifs is 6. The minimum atomic E-state index is 0.454. The number of hydrogen-bond acceptors (Lipinski definition) is 3. The van der Waals surface area contributed by atoms with E-state index in [1.54, 1.807) is 6.33 Å². The standard InChI is InChI=1S/C32H30N2O/c1-18(2)13-21-14-20(5)29-23(15-21)10-12-26-30(33-17-34-31(26)29)27-8-6-7-25-24-11-9-22(19(3)4)16-28(24)35-32(25)27/h6-12,14-19H,13H2,1-5H3. The number of aromatic nitrogens is 2. The summed E-state index contributed by atoms with van der Waals surface area (Å²) in [6.07, 6.45) is 2.77. The summed E-state index contributed by atoms with van der Waals surface area (Å²) < 4.78 is 6.48. The first-order valence-corrected chi connectivity index (χ1v) is 12.5. The van der Waals surface area contributed by atoms with E-state index in [2.05, 4.69) is 95.3 Å². The second kappa shape index (κ2) is 8.20. The zero-order chi connectivity index (χ0) is 24.3. The van der Waals surface area contributed by atoms with E-state index in [1.165, 1.54) is 27.5 Å². The van der Waals surface area contributed by atoms with E-state index in [9.17, 15) is 0 Å². The van der Waals surface area contributed by atoms with Crippen LogP contribution < -0.4 is 0 Å². The van der Waals surface area contributed by atoms with Crippen molar-refractivity contribution in [2.24, 2.45) is 5.92 Å². The van der Waals surface area contributed by atoms with Crippen molar-refractivity contribution >= 4 is 43.6 Å². The van der Waals surface area contributed by atoms with Crippen molar-refractivity contribution in [3.8, 4) is 11.3 Å². The fraction of sp³-hybridized carbons (Fsp3) is 0.250. The maximum atomic E-state index is 6.48. The van der Waals surface area contributed by atoms with Gasteiger partial charge in [0, 0.05) is 27.1 Å². The number of para-hydroxylation sites is 1. The molecule has 2 heterocycles. The number of rotatable bonds is 4. The molecule has 0 atom stereocenters. The SMILES string of the molecule is Cc1cc(CC(C)C)cc2ccc3c(-c4cccc5c4oc4cc(C(C)C)ccc45)ncnc3c12. The Bertz CT molecular complexity index is 1740. The van der Waals surface area contributed by atoms with Gasteiger partial charge in [-0.2, -0.15) is 0 Å². The first-order chi connectivity index (χ1) is 16.9. The molecule has 0 saturated heterocycles. The largest absolute Gasteiger partial charge is 0.455 e. The molecule has 0 saturated carbocycles. The summed E-state index contributed by atoms with van der Waals surface area (Å²) in [5.41, 5.74) is 8.65. The van der Waals surface area contributed by atoms with Crippen LogP contribution in [0.15, 0.2) is 71.4 Å². The van der Waals surface area contributed by atoms with Gasteiger partial charge in [0.25, 0.3) is 0 Å². The Morgan fingerprint density at radius 3 is 2.46 bits per heavy atom. The zero-order valence-corrected chi connectivity index (χ0v) is 21.0. The van der Waals surface area contributed by atoms with E-state index < -0.39 is 0 Å². The molecule has 3 nitrogen and oxygen atoms in total. The van der Waals surface area contributed by atoms with Gasteiger partial charge < -0.3 is 4.42 Å². The lowest BCUT2D eigenvalue weighted by Crippen LogP contribution is -1.96. The smallest absolute Gasteiger partial charge is 0.144 e. The van der Waals surface area contributed by atoms with Crippen molar-refractivity contribution in [3.05, 3.63) is 83.7 Å². The monoisotopic (exact) mass is 458 g/mol. The highest BCUT2D eigenvalue weighted by atomic mass is 16.3. The first kappa shape index (κ1) is 21.8. The number of hydrogen-bond donors (Lipinski definition) is 0. The molecule has 0 aliphatic carbocycles. The fourth-order valence-corrected chi connectivity index (χ4v) is 5.44. The fourth-order valence-electron chi connectivity index (χ4n) is 5.44. The topological polar surface area (TPSA) is 38.9 Å². The summed E-state index contributed by atoms with van der Waals surface area (Å²) in [5, 5.41) is 5.76. The van der Waals surface area contributed by atoms with Gasteiger partial charge in [0.1, 0.15) is 17.5 Å². The lowest BCUT2D eigenvalue weighted by atomic mass is 9.94. The third-order valence-corrected chi connectivity index (χ3v) is 7.06. The van der Waals surface area contributed by atoms with Crippen LogP contribution in [0.1, 0.15) is 50.3 Å². The normalized spacial score (nSPS) is 12.2. The Labute approximate surface area is 205 Å². The van der Waals surface area contributed by atoms with E-state index in [-0.39, 0.29) is 0 Å². The summed E-state index contributed by atoms with van der Waals surface area (Å²) in [6.45, 7) is 11.1. The van der Waals surface area contributed by atoms with Crippen molar-refractivity contribution in [1.29, 1.82) is 0 Å². The van der Waals surface area contributed by atoms with E-state index in [0.29, 0.717) is 11.8 Å². The second-order valence-electron chi connectivity index (χ2n) is 10.5. The molecule has 0 N–H and O–H groups in total. The van der Waals surface area contributed by atoms with Crippen LogP contribution in [0, 0.1) is 12.8 Å². The maximum Gasteiger partial charge on any atom is 0.144 e. The Kier molecular flexibility index (Phi) is 5.10. The average Bonchev–Trinajstić information content (AvgIpc) is 3.21. The van der Waals surface area contributed by atoms with Crippen LogP contribution in [0.5, 0.6) is 0 Å². The number of nitrogens with zero attached hydrogens (tertiary/aromatic N) is 2. The van der Waals surface area contributed by atoms with E-state index in [4.69, 9.17) is 14.4 Å². The lowest BCUT2D eigenvalue weighted by Gasteiger charge is -2.13. The van der Waals surface area contributed by atoms with Crippen LogP contribution in [0.4, 0.5) is 0 Å². The van der Waals surface area contributed by atoms with Crippen molar-refractivity contribution < 1.29 is 4.42 Å². The molecule has 0 spiro atoms. The summed E-state index contributed by atoms with van der Waals surface area (Å²) in [7, 11) is 0. The highest BCUT2D eigenvalue weighted by Gasteiger charge is 2.17. The molecule has 0 fully saturated rings. The Balaban J connectivity index is 1.60. The highest BCUT2D eigenvalue weighted by molar-refractivity contribution is 6.14. The van der Waals surface area contributed by atoms with Gasteiger partial charge >= 0.3 is 0 Å². The molecule has 0 bridgehead atoms. The minimum Gasteiger partial charge on any atom is -0.455 e. The summed E-state index contributed by atoms with van der Waals surface area (Å²) in [5.74, 6) is 1.08. The van der Waals surface area contributed by atoms with Crippen molar-refractivity contribution in [3.63, 3.8) is 0 Å². The molecule has 2 aromatic heterocycles. The molecule has 174 valence electrons. The van der Waals surface area contributed by atoms with Crippen LogP contribution in [-0.2, 0) is 6.42 Å². The Hall–Kier alpha value is -3.72. The third-order valence-electron chi connectivity index (χ3n) is 7.06. The predicted molar refractivity (Wildman–Crippen MR) is 147 cm³/mol. The van der Waals surface area contributed by atoms with Gasteiger partial charge in [0.2, 0.25) is 0 Å². The summed E-state index contributed by atoms with van der Waals surface area (Å²) in [6, 6.07) is 21.9. The zero-order valence-electron chi connectivity index (χ0n) is 21.0. The second-order valence-corrected chi connectivity index (χ2v) is 10.5. The van der Waals surface area contributed by atoms with Crippen LogP contribution in [0.2, 0.25) is 0 Å². The molecule has 0 aliphatic rings. The van der Waals surface area contributed by atoms with E-state index in [1.807, 2.05) is 0 Å². The Morgan fingerprint density at radius 2 is 1.66 bits per heavy atom. The highest BCUT2D eigenvalue weighted by Crippen LogP contribution is 2.39. The number of aryl methyl sites for hydroxylation is 1. The van der Waals surface area contributed by atoms with Crippen LogP contribution in [0.25, 0.3) is 54.9 Å². The van der Waals surface area contributed by atoms with Gasteiger partial charge in [-0.25, -0.2) is 9.97 Å². The van der Waals surface area contributed by atoms with Crippen LogP contribution >= 0.6 is 0 Å². The van der Waals surface area contributed by atoms with Gasteiger partial charge in [0.15, 0.2) is 0 Å². The van der Waals surface area contributed by atoms with E-state index >= 15 is 0 Å². The quantitative estimate of drug-likeness (QED) is 0.247. The Morgan fingerprint density at radius 1 is 0.829 bits per heavy atom. The van der Waals surface area contributed by atoms with Crippen LogP contribution in [-0.4, -0.2) is 9.97 Å². The van der Waals surface area contributed by atoms with Crippen LogP contribution in [0.3, 0.4) is 0 Å². The number of benzene rings is 4. The molecular weight excluding hydrogens is 428 g/mol. The van der Waals surface area contributed by atoms with E-state index in [0.717, 1.165) is 50.5 Å². The average molecular weight is 459 g/mol. The van der Waals surface area contributed by atoms with Crippen molar-refractivity contribution in [1.82, 2.24) is 9.97 Å². The predicted octanol–water partition coefficient (Wildman–Crippen LogP) is 8.98.